The van der Waals surface area contributed by atoms with Crippen LogP contribution in [0.3, 0.4) is 0 Å². The van der Waals surface area contributed by atoms with Crippen molar-refractivity contribution < 1.29 is 14.3 Å². The molecule has 0 fully saturated rings. The molecule has 0 heterocycles. The summed E-state index contributed by atoms with van der Waals surface area (Å²) in [7, 11) is 0. The van der Waals surface area contributed by atoms with Gasteiger partial charge < -0.3 is 9.47 Å². The zero-order valence-corrected chi connectivity index (χ0v) is 14.3. The third kappa shape index (κ3) is 5.59. The SMILES string of the molecule is CCOc1ccc(/C=N/NC(=O)C(C)Oc2ccc(Cl)cc2)cc1. The van der Waals surface area contributed by atoms with Crippen LogP contribution >= 0.6 is 11.6 Å². The van der Waals surface area contributed by atoms with Crippen LogP contribution in [0.15, 0.2) is 53.6 Å². The molecule has 0 aliphatic rings. The molecule has 0 aliphatic carbocycles. The van der Waals surface area contributed by atoms with E-state index in [0.717, 1.165) is 11.3 Å². The summed E-state index contributed by atoms with van der Waals surface area (Å²) in [6.45, 7) is 4.20. The number of carbonyl (C=O) groups is 1. The fourth-order valence-corrected chi connectivity index (χ4v) is 1.97. The first-order chi connectivity index (χ1) is 11.6. The number of ether oxygens (including phenoxy) is 2. The molecule has 0 saturated heterocycles. The quantitative estimate of drug-likeness (QED) is 0.615. The van der Waals surface area contributed by atoms with Crippen LogP contribution in [0.4, 0.5) is 0 Å². The van der Waals surface area contributed by atoms with Gasteiger partial charge in [0.2, 0.25) is 0 Å². The number of nitrogens with zero attached hydrogens (tertiary/aromatic N) is 1. The Morgan fingerprint density at radius 2 is 1.79 bits per heavy atom. The minimum Gasteiger partial charge on any atom is -0.494 e. The first kappa shape index (κ1) is 17.8. The van der Waals surface area contributed by atoms with Gasteiger partial charge in [-0.25, -0.2) is 5.43 Å². The van der Waals surface area contributed by atoms with Gasteiger partial charge in [-0.2, -0.15) is 5.10 Å². The van der Waals surface area contributed by atoms with Crippen LogP contribution in [0.5, 0.6) is 11.5 Å². The van der Waals surface area contributed by atoms with E-state index in [1.807, 2.05) is 31.2 Å². The number of nitrogens with one attached hydrogen (secondary N) is 1. The Balaban J connectivity index is 1.83. The molecule has 2 aromatic carbocycles. The van der Waals surface area contributed by atoms with Crippen LogP contribution in [0, 0.1) is 0 Å². The molecule has 0 aromatic heterocycles. The zero-order valence-electron chi connectivity index (χ0n) is 13.5. The van der Waals surface area contributed by atoms with E-state index in [1.165, 1.54) is 0 Å². The summed E-state index contributed by atoms with van der Waals surface area (Å²) in [5.74, 6) is 1.02. The molecule has 1 unspecified atom stereocenters. The molecule has 126 valence electrons. The van der Waals surface area contributed by atoms with Crippen molar-refractivity contribution in [2.45, 2.75) is 20.0 Å². The summed E-state index contributed by atoms with van der Waals surface area (Å²) in [6, 6.07) is 14.2. The molecule has 1 N–H and O–H groups in total. The largest absolute Gasteiger partial charge is 0.494 e. The Labute approximate surface area is 146 Å². The predicted octanol–water partition coefficient (Wildman–Crippen LogP) is 3.66. The molecule has 24 heavy (non-hydrogen) atoms. The lowest BCUT2D eigenvalue weighted by Gasteiger charge is -2.12. The van der Waals surface area contributed by atoms with E-state index in [2.05, 4.69) is 10.5 Å². The van der Waals surface area contributed by atoms with Crippen LogP contribution in [0.2, 0.25) is 5.02 Å². The van der Waals surface area contributed by atoms with Crippen molar-refractivity contribution in [3.05, 3.63) is 59.1 Å². The van der Waals surface area contributed by atoms with Crippen molar-refractivity contribution in [1.29, 1.82) is 0 Å². The molecular weight excluding hydrogens is 328 g/mol. The highest BCUT2D eigenvalue weighted by molar-refractivity contribution is 6.30. The third-order valence-electron chi connectivity index (χ3n) is 3.08. The highest BCUT2D eigenvalue weighted by Crippen LogP contribution is 2.16. The van der Waals surface area contributed by atoms with E-state index in [9.17, 15) is 4.79 Å². The Morgan fingerprint density at radius 3 is 2.42 bits per heavy atom. The lowest BCUT2D eigenvalue weighted by molar-refractivity contribution is -0.127. The number of hydrogen-bond donors (Lipinski definition) is 1. The van der Waals surface area contributed by atoms with E-state index >= 15 is 0 Å². The van der Waals surface area contributed by atoms with Gasteiger partial charge in [0.05, 0.1) is 12.8 Å². The first-order valence-electron chi connectivity index (χ1n) is 7.56. The molecular formula is C18H19ClN2O3. The first-order valence-corrected chi connectivity index (χ1v) is 7.94. The summed E-state index contributed by atoms with van der Waals surface area (Å²) in [5.41, 5.74) is 3.30. The van der Waals surface area contributed by atoms with Crippen molar-refractivity contribution >= 4 is 23.7 Å². The Hall–Kier alpha value is -2.53. The van der Waals surface area contributed by atoms with Gasteiger partial charge in [-0.15, -0.1) is 0 Å². The van der Waals surface area contributed by atoms with E-state index in [-0.39, 0.29) is 5.91 Å². The summed E-state index contributed by atoms with van der Waals surface area (Å²) in [5, 5.41) is 4.54. The van der Waals surface area contributed by atoms with Crippen LogP contribution in [0.25, 0.3) is 0 Å². The van der Waals surface area contributed by atoms with Gasteiger partial charge in [-0.1, -0.05) is 11.6 Å². The van der Waals surface area contributed by atoms with Gasteiger partial charge in [0.25, 0.3) is 5.91 Å². The lowest BCUT2D eigenvalue weighted by Crippen LogP contribution is -2.33. The molecule has 0 aliphatic heterocycles. The normalized spacial score (nSPS) is 12.0. The van der Waals surface area contributed by atoms with Gasteiger partial charge in [0.1, 0.15) is 11.5 Å². The number of hydrazone groups is 1. The second-order valence-electron chi connectivity index (χ2n) is 4.95. The van der Waals surface area contributed by atoms with Crippen LogP contribution < -0.4 is 14.9 Å². The minimum absolute atomic E-state index is 0.341. The highest BCUT2D eigenvalue weighted by atomic mass is 35.5. The van der Waals surface area contributed by atoms with Crippen LogP contribution in [-0.4, -0.2) is 24.8 Å². The van der Waals surface area contributed by atoms with Crippen molar-refractivity contribution in [1.82, 2.24) is 5.43 Å². The molecule has 0 radical (unpaired) electrons. The van der Waals surface area contributed by atoms with Crippen LogP contribution in [-0.2, 0) is 4.79 Å². The summed E-state index contributed by atoms with van der Waals surface area (Å²) >= 11 is 5.80. The molecule has 1 amide bonds. The predicted molar refractivity (Wildman–Crippen MR) is 94.9 cm³/mol. The Morgan fingerprint density at radius 1 is 1.17 bits per heavy atom. The molecule has 0 spiro atoms. The molecule has 1 atom stereocenters. The average molecular weight is 347 g/mol. The van der Waals surface area contributed by atoms with E-state index in [1.54, 1.807) is 37.4 Å². The molecule has 2 rings (SSSR count). The van der Waals surface area contributed by atoms with Crippen LogP contribution in [0.1, 0.15) is 19.4 Å². The minimum atomic E-state index is -0.677. The van der Waals surface area contributed by atoms with Crippen molar-refractivity contribution in [3.8, 4) is 11.5 Å². The molecule has 5 nitrogen and oxygen atoms in total. The molecule has 2 aromatic rings. The van der Waals surface area contributed by atoms with E-state index in [0.29, 0.717) is 17.4 Å². The van der Waals surface area contributed by atoms with Gasteiger partial charge in [-0.05, 0) is 67.9 Å². The molecule has 0 bridgehead atoms. The number of rotatable bonds is 7. The monoisotopic (exact) mass is 346 g/mol. The van der Waals surface area contributed by atoms with Crippen molar-refractivity contribution in [2.75, 3.05) is 6.61 Å². The van der Waals surface area contributed by atoms with Gasteiger partial charge in [-0.3, -0.25) is 4.79 Å². The van der Waals surface area contributed by atoms with Crippen molar-refractivity contribution in [3.63, 3.8) is 0 Å². The van der Waals surface area contributed by atoms with E-state index < -0.39 is 6.10 Å². The maximum absolute atomic E-state index is 11.9. The fourth-order valence-electron chi connectivity index (χ4n) is 1.85. The van der Waals surface area contributed by atoms with Crippen molar-refractivity contribution in [2.24, 2.45) is 5.10 Å². The Bertz CT molecular complexity index is 684. The smallest absolute Gasteiger partial charge is 0.280 e. The molecule has 0 saturated carbocycles. The second-order valence-corrected chi connectivity index (χ2v) is 5.39. The maximum atomic E-state index is 11.9. The number of carbonyl (C=O) groups excluding carboxylic acids is 1. The number of amides is 1. The highest BCUT2D eigenvalue weighted by Gasteiger charge is 2.13. The Kier molecular flexibility index (Phi) is 6.63. The van der Waals surface area contributed by atoms with E-state index in [4.69, 9.17) is 21.1 Å². The third-order valence-corrected chi connectivity index (χ3v) is 3.33. The standard InChI is InChI=1S/C18H19ClN2O3/c1-3-23-16-8-4-14(5-9-16)12-20-21-18(22)13(2)24-17-10-6-15(19)7-11-17/h4-13H,3H2,1-2H3,(H,21,22)/b20-12+. The topological polar surface area (TPSA) is 59.9 Å². The average Bonchev–Trinajstić information content (AvgIpc) is 2.58. The summed E-state index contributed by atoms with van der Waals surface area (Å²) < 4.78 is 10.9. The summed E-state index contributed by atoms with van der Waals surface area (Å²) in [4.78, 5) is 11.9. The number of hydrogen-bond acceptors (Lipinski definition) is 4. The molecule has 6 heteroatoms. The maximum Gasteiger partial charge on any atom is 0.280 e. The zero-order chi connectivity index (χ0) is 17.4. The van der Waals surface area contributed by atoms with Gasteiger partial charge in [0, 0.05) is 5.02 Å². The van der Waals surface area contributed by atoms with Gasteiger partial charge in [0.15, 0.2) is 6.10 Å². The van der Waals surface area contributed by atoms with Gasteiger partial charge >= 0.3 is 0 Å². The number of benzene rings is 2. The second kappa shape index (κ2) is 8.93. The lowest BCUT2D eigenvalue weighted by atomic mass is 10.2. The fraction of sp³-hybridized carbons (Fsp3) is 0.222. The summed E-state index contributed by atoms with van der Waals surface area (Å²) in [6.07, 6.45) is 0.881. The number of halogens is 1.